The smallest absolute Gasteiger partial charge is 0.336 e. The van der Waals surface area contributed by atoms with Crippen LogP contribution in [0.3, 0.4) is 0 Å². The zero-order valence-corrected chi connectivity index (χ0v) is 13.9. The summed E-state index contributed by atoms with van der Waals surface area (Å²) in [5, 5.41) is 9.19. The first-order valence-corrected chi connectivity index (χ1v) is 8.45. The van der Waals surface area contributed by atoms with Gasteiger partial charge >= 0.3 is 5.97 Å². The van der Waals surface area contributed by atoms with Crippen LogP contribution in [0.25, 0.3) is 0 Å². The number of aromatic nitrogens is 1. The Labute approximate surface area is 135 Å². The molecular weight excluding hydrogens is 316 g/mol. The second-order valence-electron chi connectivity index (χ2n) is 5.37. The van der Waals surface area contributed by atoms with Crippen molar-refractivity contribution in [3.63, 3.8) is 0 Å². The van der Waals surface area contributed by atoms with E-state index in [1.165, 1.54) is 12.1 Å². The lowest BCUT2D eigenvalue weighted by Crippen LogP contribution is -2.24. The number of carboxylic acid groups (broad SMARTS) is 1. The predicted molar refractivity (Wildman–Crippen MR) is 85.9 cm³/mol. The summed E-state index contributed by atoms with van der Waals surface area (Å²) in [4.78, 5) is 15.3. The van der Waals surface area contributed by atoms with Gasteiger partial charge in [0.2, 0.25) is 10.0 Å². The van der Waals surface area contributed by atoms with Crippen molar-refractivity contribution in [2.75, 3.05) is 0 Å². The Bertz CT molecular complexity index is 860. The molecule has 0 spiro atoms. The molecule has 0 aliphatic rings. The van der Waals surface area contributed by atoms with Gasteiger partial charge in [-0.15, -0.1) is 0 Å². The minimum absolute atomic E-state index is 0.0148. The third kappa shape index (κ3) is 3.94. The molecule has 0 fully saturated rings. The summed E-state index contributed by atoms with van der Waals surface area (Å²) >= 11 is 0. The SMILES string of the molecule is Cc1ccnc(CNS(=O)(=O)c2cc(C)c(C)c(C(=O)O)c2)c1. The molecule has 0 saturated carbocycles. The molecule has 1 aromatic carbocycles. The molecule has 2 aromatic rings. The molecule has 0 atom stereocenters. The summed E-state index contributed by atoms with van der Waals surface area (Å²) in [6.07, 6.45) is 1.61. The molecule has 0 bridgehead atoms. The van der Waals surface area contributed by atoms with E-state index in [9.17, 15) is 18.3 Å². The number of nitrogens with zero attached hydrogens (tertiary/aromatic N) is 1. The highest BCUT2D eigenvalue weighted by Crippen LogP contribution is 2.20. The maximum absolute atomic E-state index is 12.4. The number of aryl methyl sites for hydroxylation is 2. The largest absolute Gasteiger partial charge is 0.478 e. The number of rotatable bonds is 5. The van der Waals surface area contributed by atoms with E-state index in [-0.39, 0.29) is 17.0 Å². The van der Waals surface area contributed by atoms with E-state index in [1.54, 1.807) is 26.1 Å². The Balaban J connectivity index is 2.31. The van der Waals surface area contributed by atoms with E-state index in [0.29, 0.717) is 16.8 Å². The molecule has 0 saturated heterocycles. The van der Waals surface area contributed by atoms with Crippen molar-refractivity contribution in [3.05, 3.63) is 58.4 Å². The van der Waals surface area contributed by atoms with E-state index in [2.05, 4.69) is 9.71 Å². The van der Waals surface area contributed by atoms with E-state index >= 15 is 0 Å². The van der Waals surface area contributed by atoms with Crippen LogP contribution in [0.15, 0.2) is 35.4 Å². The quantitative estimate of drug-likeness (QED) is 0.873. The number of carbonyl (C=O) groups is 1. The number of pyridine rings is 1. The number of hydrogen-bond acceptors (Lipinski definition) is 4. The average Bonchev–Trinajstić information content (AvgIpc) is 2.47. The van der Waals surface area contributed by atoms with Crippen molar-refractivity contribution >= 4 is 16.0 Å². The lowest BCUT2D eigenvalue weighted by atomic mass is 10.0. The molecule has 2 rings (SSSR count). The standard InChI is InChI=1S/C16H18N2O4S/c1-10-4-5-17-13(6-10)9-18-23(21,22)14-7-11(2)12(3)15(8-14)16(19)20/h4-8,18H,9H2,1-3H3,(H,19,20). The van der Waals surface area contributed by atoms with Crippen molar-refractivity contribution < 1.29 is 18.3 Å². The van der Waals surface area contributed by atoms with Gasteiger partial charge in [0.05, 0.1) is 22.7 Å². The third-order valence-corrected chi connectivity index (χ3v) is 4.98. The van der Waals surface area contributed by atoms with Crippen LogP contribution < -0.4 is 4.72 Å². The molecule has 6 nitrogen and oxygen atoms in total. The first-order valence-electron chi connectivity index (χ1n) is 6.96. The van der Waals surface area contributed by atoms with Gasteiger partial charge in [0.25, 0.3) is 0 Å². The fourth-order valence-corrected chi connectivity index (χ4v) is 3.26. The Morgan fingerprint density at radius 3 is 2.52 bits per heavy atom. The van der Waals surface area contributed by atoms with Crippen molar-refractivity contribution in [2.45, 2.75) is 32.2 Å². The number of hydrogen-bond donors (Lipinski definition) is 2. The van der Waals surface area contributed by atoms with Gasteiger partial charge in [-0.05, 0) is 61.7 Å². The Morgan fingerprint density at radius 2 is 1.91 bits per heavy atom. The van der Waals surface area contributed by atoms with E-state index in [0.717, 1.165) is 5.56 Å². The fraction of sp³-hybridized carbons (Fsp3) is 0.250. The van der Waals surface area contributed by atoms with Crippen molar-refractivity contribution in [1.82, 2.24) is 9.71 Å². The second kappa shape index (κ2) is 6.47. The number of aromatic carboxylic acids is 1. The van der Waals surface area contributed by atoms with Gasteiger partial charge in [0.15, 0.2) is 0 Å². The average molecular weight is 334 g/mol. The van der Waals surface area contributed by atoms with Crippen LogP contribution in [0.4, 0.5) is 0 Å². The van der Waals surface area contributed by atoms with Crippen molar-refractivity contribution in [1.29, 1.82) is 0 Å². The molecule has 1 heterocycles. The van der Waals surface area contributed by atoms with Gasteiger partial charge in [-0.2, -0.15) is 0 Å². The molecule has 1 aromatic heterocycles. The van der Waals surface area contributed by atoms with Crippen LogP contribution in [0.2, 0.25) is 0 Å². The molecular formula is C16H18N2O4S. The summed E-state index contributed by atoms with van der Waals surface area (Å²) in [6.45, 7) is 5.27. The Kier molecular flexibility index (Phi) is 4.82. The number of nitrogens with one attached hydrogen (secondary N) is 1. The van der Waals surface area contributed by atoms with E-state index < -0.39 is 16.0 Å². The second-order valence-corrected chi connectivity index (χ2v) is 7.13. The van der Waals surface area contributed by atoms with Gasteiger partial charge < -0.3 is 5.11 Å². The summed E-state index contributed by atoms with van der Waals surface area (Å²) in [5.74, 6) is -1.15. The maximum atomic E-state index is 12.4. The lowest BCUT2D eigenvalue weighted by molar-refractivity contribution is 0.0695. The molecule has 2 N–H and O–H groups in total. The Morgan fingerprint density at radius 1 is 1.22 bits per heavy atom. The fourth-order valence-electron chi connectivity index (χ4n) is 2.15. The minimum atomic E-state index is -3.82. The van der Waals surface area contributed by atoms with Gasteiger partial charge in [-0.25, -0.2) is 17.9 Å². The highest BCUT2D eigenvalue weighted by atomic mass is 32.2. The first kappa shape index (κ1) is 17.1. The summed E-state index contributed by atoms with van der Waals surface area (Å²) in [6, 6.07) is 6.25. The first-order chi connectivity index (χ1) is 10.7. The van der Waals surface area contributed by atoms with Crippen LogP contribution >= 0.6 is 0 Å². The van der Waals surface area contributed by atoms with Gasteiger partial charge in [-0.1, -0.05) is 0 Å². The van der Waals surface area contributed by atoms with Crippen LogP contribution in [0.1, 0.15) is 32.7 Å². The molecule has 7 heteroatoms. The predicted octanol–water partition coefficient (Wildman–Crippen LogP) is 2.18. The zero-order chi connectivity index (χ0) is 17.2. The molecule has 0 unspecified atom stereocenters. The van der Waals surface area contributed by atoms with Gasteiger partial charge in [0.1, 0.15) is 0 Å². The molecule has 0 aliphatic heterocycles. The number of benzene rings is 1. The topological polar surface area (TPSA) is 96.4 Å². The van der Waals surface area contributed by atoms with Crippen LogP contribution in [-0.4, -0.2) is 24.5 Å². The van der Waals surface area contributed by atoms with Gasteiger partial charge in [-0.3, -0.25) is 4.98 Å². The molecule has 23 heavy (non-hydrogen) atoms. The number of sulfonamides is 1. The number of carboxylic acids is 1. The summed E-state index contributed by atoms with van der Waals surface area (Å²) in [5.41, 5.74) is 2.72. The van der Waals surface area contributed by atoms with Gasteiger partial charge in [0, 0.05) is 6.20 Å². The lowest BCUT2D eigenvalue weighted by Gasteiger charge is -2.11. The van der Waals surface area contributed by atoms with E-state index in [1.807, 2.05) is 13.0 Å². The molecule has 0 radical (unpaired) electrons. The Hall–Kier alpha value is -2.25. The summed E-state index contributed by atoms with van der Waals surface area (Å²) < 4.78 is 27.2. The van der Waals surface area contributed by atoms with Crippen LogP contribution in [0, 0.1) is 20.8 Å². The monoisotopic (exact) mass is 334 g/mol. The third-order valence-electron chi connectivity index (χ3n) is 3.60. The minimum Gasteiger partial charge on any atom is -0.478 e. The highest BCUT2D eigenvalue weighted by Gasteiger charge is 2.19. The van der Waals surface area contributed by atoms with Crippen LogP contribution in [-0.2, 0) is 16.6 Å². The van der Waals surface area contributed by atoms with Crippen molar-refractivity contribution in [3.8, 4) is 0 Å². The van der Waals surface area contributed by atoms with E-state index in [4.69, 9.17) is 0 Å². The molecule has 0 aliphatic carbocycles. The molecule has 0 amide bonds. The van der Waals surface area contributed by atoms with Crippen LogP contribution in [0.5, 0.6) is 0 Å². The highest BCUT2D eigenvalue weighted by molar-refractivity contribution is 7.89. The maximum Gasteiger partial charge on any atom is 0.336 e. The summed E-state index contributed by atoms with van der Waals surface area (Å²) in [7, 11) is -3.82. The molecule has 122 valence electrons. The normalized spacial score (nSPS) is 11.4. The van der Waals surface area contributed by atoms with Crippen molar-refractivity contribution in [2.24, 2.45) is 0 Å². The zero-order valence-electron chi connectivity index (χ0n) is 13.1.